The molecular weight excluding hydrogens is 283 g/mol. The van der Waals surface area contributed by atoms with Crippen LogP contribution in [0, 0.1) is 17.5 Å². The summed E-state index contributed by atoms with van der Waals surface area (Å²) < 4.78 is 65.0. The largest absolute Gasteiger partial charge is 0.330 e. The van der Waals surface area contributed by atoms with Gasteiger partial charge in [-0.05, 0) is 13.0 Å². The van der Waals surface area contributed by atoms with Crippen LogP contribution in [-0.2, 0) is 10.2 Å². The maximum absolute atomic E-state index is 12.9. The Morgan fingerprint density at radius 3 is 2.26 bits per heavy atom. The summed E-state index contributed by atoms with van der Waals surface area (Å²) in [7, 11) is -2.67. The molecule has 9 heteroatoms. The Kier molecular flexibility index (Phi) is 5.15. The van der Waals surface area contributed by atoms with E-state index in [9.17, 15) is 21.6 Å². The van der Waals surface area contributed by atoms with Gasteiger partial charge in [0.1, 0.15) is 0 Å². The van der Waals surface area contributed by atoms with Crippen molar-refractivity contribution in [1.82, 2.24) is 4.31 Å². The number of hydrogen-bond acceptors (Lipinski definition) is 3. The third kappa shape index (κ3) is 4.08. The van der Waals surface area contributed by atoms with Crippen molar-refractivity contribution in [2.75, 3.05) is 24.9 Å². The van der Waals surface area contributed by atoms with Crippen LogP contribution in [-0.4, -0.2) is 32.9 Å². The lowest BCUT2D eigenvalue weighted by Gasteiger charge is -2.18. The summed E-state index contributed by atoms with van der Waals surface area (Å²) in [6, 6.07) is 1.12. The second kappa shape index (κ2) is 6.22. The van der Waals surface area contributed by atoms with Gasteiger partial charge in [-0.25, -0.2) is 13.2 Å². The zero-order chi connectivity index (χ0) is 14.6. The Hall–Kier alpha value is -1.32. The fourth-order valence-corrected chi connectivity index (χ4v) is 2.22. The number of rotatable bonds is 6. The average Bonchev–Trinajstić information content (AvgIpc) is 2.32. The Balaban J connectivity index is 2.89. The van der Waals surface area contributed by atoms with Crippen LogP contribution in [0.5, 0.6) is 0 Å². The van der Waals surface area contributed by atoms with E-state index in [4.69, 9.17) is 5.73 Å². The Morgan fingerprint density at radius 1 is 1.26 bits per heavy atom. The van der Waals surface area contributed by atoms with Gasteiger partial charge in [-0.1, -0.05) is 0 Å². The van der Waals surface area contributed by atoms with Gasteiger partial charge in [-0.2, -0.15) is 12.7 Å². The van der Waals surface area contributed by atoms with Crippen LogP contribution >= 0.6 is 0 Å². The molecule has 0 amide bonds. The SMILES string of the molecule is CN(CCCN)S(=O)(=O)Nc1cc(F)c(F)c(F)c1. The van der Waals surface area contributed by atoms with Crippen molar-refractivity contribution in [3.8, 4) is 0 Å². The van der Waals surface area contributed by atoms with Gasteiger partial charge in [0.15, 0.2) is 17.5 Å². The summed E-state index contributed by atoms with van der Waals surface area (Å²) in [6.07, 6.45) is 0.434. The van der Waals surface area contributed by atoms with E-state index in [2.05, 4.69) is 0 Å². The fourth-order valence-electron chi connectivity index (χ4n) is 1.28. The van der Waals surface area contributed by atoms with Crippen LogP contribution in [0.25, 0.3) is 0 Å². The number of anilines is 1. The molecule has 0 bridgehead atoms. The molecule has 0 aliphatic heterocycles. The van der Waals surface area contributed by atoms with Crippen molar-refractivity contribution >= 4 is 15.9 Å². The molecule has 108 valence electrons. The van der Waals surface area contributed by atoms with Gasteiger partial charge in [0.25, 0.3) is 0 Å². The lowest BCUT2D eigenvalue weighted by Crippen LogP contribution is -2.34. The maximum atomic E-state index is 12.9. The first-order valence-electron chi connectivity index (χ1n) is 5.36. The van der Waals surface area contributed by atoms with Crippen molar-refractivity contribution in [3.63, 3.8) is 0 Å². The van der Waals surface area contributed by atoms with Crippen LogP contribution in [0.3, 0.4) is 0 Å². The highest BCUT2D eigenvalue weighted by Crippen LogP contribution is 2.18. The summed E-state index contributed by atoms with van der Waals surface area (Å²) >= 11 is 0. The Labute approximate surface area is 109 Å². The van der Waals surface area contributed by atoms with Crippen molar-refractivity contribution in [1.29, 1.82) is 0 Å². The number of benzene rings is 1. The fraction of sp³-hybridized carbons (Fsp3) is 0.400. The number of hydrogen-bond donors (Lipinski definition) is 2. The Morgan fingerprint density at radius 2 is 1.79 bits per heavy atom. The summed E-state index contributed by atoms with van der Waals surface area (Å²) in [5.74, 6) is -4.59. The van der Waals surface area contributed by atoms with Crippen molar-refractivity contribution in [3.05, 3.63) is 29.6 Å². The smallest absolute Gasteiger partial charge is 0.301 e. The molecule has 1 aromatic carbocycles. The second-order valence-electron chi connectivity index (χ2n) is 3.82. The lowest BCUT2D eigenvalue weighted by molar-refractivity contribution is 0.447. The second-order valence-corrected chi connectivity index (χ2v) is 5.60. The van der Waals surface area contributed by atoms with Gasteiger partial charge in [-0.3, -0.25) is 4.72 Å². The molecule has 0 saturated carbocycles. The first-order valence-corrected chi connectivity index (χ1v) is 6.80. The molecule has 0 aliphatic rings. The highest BCUT2D eigenvalue weighted by atomic mass is 32.2. The minimum absolute atomic E-state index is 0.151. The van der Waals surface area contributed by atoms with Gasteiger partial charge < -0.3 is 5.73 Å². The van der Waals surface area contributed by atoms with Crippen LogP contribution in [0.2, 0.25) is 0 Å². The minimum Gasteiger partial charge on any atom is -0.330 e. The number of nitrogens with two attached hydrogens (primary N) is 1. The summed E-state index contributed by atoms with van der Waals surface area (Å²) in [5, 5.41) is 0. The van der Waals surface area contributed by atoms with Gasteiger partial charge in [0.2, 0.25) is 0 Å². The zero-order valence-corrected chi connectivity index (χ0v) is 11.0. The quantitative estimate of drug-likeness (QED) is 0.770. The molecule has 0 radical (unpaired) electrons. The van der Waals surface area contributed by atoms with E-state index < -0.39 is 33.3 Å². The third-order valence-corrected chi connectivity index (χ3v) is 3.81. The van der Waals surface area contributed by atoms with Gasteiger partial charge in [-0.15, -0.1) is 0 Å². The normalized spacial score (nSPS) is 11.9. The molecular formula is C10H14F3N3O2S. The average molecular weight is 297 g/mol. The standard InChI is InChI=1S/C10H14F3N3O2S/c1-16(4-2-3-14)19(17,18)15-7-5-8(11)10(13)9(12)6-7/h5-6,15H,2-4,14H2,1H3. The molecule has 19 heavy (non-hydrogen) atoms. The molecule has 0 heterocycles. The molecule has 0 fully saturated rings. The van der Waals surface area contributed by atoms with Gasteiger partial charge in [0.05, 0.1) is 5.69 Å². The zero-order valence-electron chi connectivity index (χ0n) is 10.2. The summed E-state index contributed by atoms with van der Waals surface area (Å²) in [4.78, 5) is 0. The molecule has 0 unspecified atom stereocenters. The van der Waals surface area contributed by atoms with Gasteiger partial charge >= 0.3 is 10.2 Å². The molecule has 0 saturated heterocycles. The van der Waals surface area contributed by atoms with Crippen molar-refractivity contribution in [2.24, 2.45) is 5.73 Å². The van der Waals surface area contributed by atoms with E-state index in [0.717, 1.165) is 4.31 Å². The first kappa shape index (κ1) is 15.7. The molecule has 0 spiro atoms. The number of halogens is 3. The van der Waals surface area contributed by atoms with Gasteiger partial charge in [0, 0.05) is 25.7 Å². The van der Waals surface area contributed by atoms with Crippen LogP contribution in [0.4, 0.5) is 18.9 Å². The third-order valence-electron chi connectivity index (χ3n) is 2.32. The molecule has 0 atom stereocenters. The highest BCUT2D eigenvalue weighted by Gasteiger charge is 2.19. The molecule has 1 rings (SSSR count). The topological polar surface area (TPSA) is 75.4 Å². The molecule has 1 aromatic rings. The van der Waals surface area contributed by atoms with E-state index in [1.807, 2.05) is 4.72 Å². The number of nitrogens with zero attached hydrogens (tertiary/aromatic N) is 1. The molecule has 5 nitrogen and oxygen atoms in total. The Bertz CT molecular complexity index is 528. The van der Waals surface area contributed by atoms with Crippen LogP contribution in [0.1, 0.15) is 6.42 Å². The maximum Gasteiger partial charge on any atom is 0.301 e. The van der Waals surface area contributed by atoms with E-state index in [-0.39, 0.29) is 6.54 Å². The predicted molar refractivity (Wildman–Crippen MR) is 65.2 cm³/mol. The first-order chi connectivity index (χ1) is 8.77. The van der Waals surface area contributed by atoms with Crippen molar-refractivity contribution in [2.45, 2.75) is 6.42 Å². The van der Waals surface area contributed by atoms with Crippen molar-refractivity contribution < 1.29 is 21.6 Å². The molecule has 3 N–H and O–H groups in total. The van der Waals surface area contributed by atoms with E-state index in [0.29, 0.717) is 25.1 Å². The van der Waals surface area contributed by atoms with E-state index in [1.165, 1.54) is 7.05 Å². The van der Waals surface area contributed by atoms with Crippen LogP contribution in [0.15, 0.2) is 12.1 Å². The monoisotopic (exact) mass is 297 g/mol. The molecule has 0 aromatic heterocycles. The minimum atomic E-state index is -3.96. The van der Waals surface area contributed by atoms with E-state index >= 15 is 0 Å². The number of nitrogens with one attached hydrogen (secondary N) is 1. The summed E-state index contributed by atoms with van der Waals surface area (Å²) in [6.45, 7) is 0.456. The van der Waals surface area contributed by atoms with E-state index in [1.54, 1.807) is 0 Å². The molecule has 0 aliphatic carbocycles. The predicted octanol–water partition coefficient (Wildman–Crippen LogP) is 1.04. The summed E-state index contributed by atoms with van der Waals surface area (Å²) in [5.41, 5.74) is 4.85. The van der Waals surface area contributed by atoms with Crippen LogP contribution < -0.4 is 10.5 Å². The highest BCUT2D eigenvalue weighted by molar-refractivity contribution is 7.90. The lowest BCUT2D eigenvalue weighted by atomic mass is 10.3.